The smallest absolute Gasteiger partial charge is 0.234 e. The third-order valence-corrected chi connectivity index (χ3v) is 4.13. The summed E-state index contributed by atoms with van der Waals surface area (Å²) in [6.07, 6.45) is 0. The van der Waals surface area contributed by atoms with Crippen LogP contribution in [0.3, 0.4) is 0 Å². The number of rotatable bonds is 4. The molecule has 21 heavy (non-hydrogen) atoms. The summed E-state index contributed by atoms with van der Waals surface area (Å²) in [7, 11) is 0. The van der Waals surface area contributed by atoms with Crippen molar-refractivity contribution in [3.63, 3.8) is 0 Å². The monoisotopic (exact) mass is 324 g/mol. The summed E-state index contributed by atoms with van der Waals surface area (Å²) in [5, 5.41) is 3.23. The van der Waals surface area contributed by atoms with Crippen molar-refractivity contribution in [3.8, 4) is 0 Å². The van der Waals surface area contributed by atoms with Gasteiger partial charge >= 0.3 is 0 Å². The molecular formula is C15H14ClFN2OS. The number of hydrogen-bond donors (Lipinski definition) is 2. The molecule has 2 rings (SSSR count). The van der Waals surface area contributed by atoms with Crippen LogP contribution >= 0.6 is 23.4 Å². The minimum Gasteiger partial charge on any atom is -0.398 e. The van der Waals surface area contributed by atoms with Gasteiger partial charge in [-0.25, -0.2) is 4.39 Å². The fourth-order valence-electron chi connectivity index (χ4n) is 1.70. The van der Waals surface area contributed by atoms with Crippen LogP contribution in [-0.4, -0.2) is 11.7 Å². The number of nitrogen functional groups attached to an aromatic ring is 1. The highest BCUT2D eigenvalue weighted by Crippen LogP contribution is 2.27. The number of nitrogens with two attached hydrogens (primary N) is 1. The van der Waals surface area contributed by atoms with Crippen LogP contribution in [0.25, 0.3) is 0 Å². The number of halogens is 2. The lowest BCUT2D eigenvalue weighted by Gasteiger charge is -2.08. The summed E-state index contributed by atoms with van der Waals surface area (Å²) in [6.45, 7) is 1.92. The number of hydrogen-bond acceptors (Lipinski definition) is 3. The number of aryl methyl sites for hydroxylation is 1. The number of thioether (sulfide) groups is 1. The first kappa shape index (κ1) is 15.7. The van der Waals surface area contributed by atoms with E-state index in [2.05, 4.69) is 5.32 Å². The Bertz CT molecular complexity index is 679. The lowest BCUT2D eigenvalue weighted by atomic mass is 10.2. The molecule has 0 unspecified atom stereocenters. The van der Waals surface area contributed by atoms with Crippen LogP contribution in [-0.2, 0) is 4.79 Å². The van der Waals surface area contributed by atoms with Gasteiger partial charge in [-0.05, 0) is 42.8 Å². The molecule has 3 N–H and O–H groups in total. The summed E-state index contributed by atoms with van der Waals surface area (Å²) in [6, 6.07) is 9.51. The van der Waals surface area contributed by atoms with E-state index in [0.29, 0.717) is 21.3 Å². The average Bonchev–Trinajstić information content (AvgIpc) is 2.41. The van der Waals surface area contributed by atoms with Gasteiger partial charge in [0.1, 0.15) is 5.82 Å². The van der Waals surface area contributed by atoms with Crippen molar-refractivity contribution in [1.29, 1.82) is 0 Å². The fourth-order valence-corrected chi connectivity index (χ4v) is 2.73. The number of anilines is 2. The molecule has 0 fully saturated rings. The Morgan fingerprint density at radius 3 is 2.76 bits per heavy atom. The van der Waals surface area contributed by atoms with Gasteiger partial charge in [0.25, 0.3) is 0 Å². The highest BCUT2D eigenvalue weighted by molar-refractivity contribution is 8.00. The van der Waals surface area contributed by atoms with Crippen LogP contribution in [0.2, 0.25) is 5.02 Å². The Hall–Kier alpha value is -1.72. The molecule has 6 heteroatoms. The van der Waals surface area contributed by atoms with Gasteiger partial charge in [-0.3, -0.25) is 4.79 Å². The summed E-state index contributed by atoms with van der Waals surface area (Å²) in [5.41, 5.74) is 7.60. The molecule has 2 aromatic carbocycles. The predicted octanol–water partition coefficient (Wildman–Crippen LogP) is 4.10. The quantitative estimate of drug-likeness (QED) is 0.657. The largest absolute Gasteiger partial charge is 0.398 e. The maximum Gasteiger partial charge on any atom is 0.234 e. The van der Waals surface area contributed by atoms with Gasteiger partial charge in [0.2, 0.25) is 5.91 Å². The van der Waals surface area contributed by atoms with Crippen LogP contribution < -0.4 is 11.1 Å². The van der Waals surface area contributed by atoms with E-state index in [-0.39, 0.29) is 11.7 Å². The lowest BCUT2D eigenvalue weighted by Crippen LogP contribution is -2.14. The molecule has 3 nitrogen and oxygen atoms in total. The Balaban J connectivity index is 1.96. The van der Waals surface area contributed by atoms with E-state index in [0.717, 1.165) is 5.56 Å². The molecule has 0 aliphatic rings. The third kappa shape index (κ3) is 4.37. The number of carbonyl (C=O) groups is 1. The van der Waals surface area contributed by atoms with Crippen LogP contribution in [0.15, 0.2) is 41.3 Å². The van der Waals surface area contributed by atoms with E-state index < -0.39 is 5.82 Å². The molecule has 0 heterocycles. The number of nitrogens with one attached hydrogen (secondary N) is 1. The fraction of sp³-hybridized carbons (Fsp3) is 0.133. The maximum absolute atomic E-state index is 12.9. The first-order chi connectivity index (χ1) is 9.95. The van der Waals surface area contributed by atoms with E-state index in [4.69, 9.17) is 17.3 Å². The van der Waals surface area contributed by atoms with Crippen LogP contribution in [0.1, 0.15) is 5.56 Å². The second-order valence-corrected chi connectivity index (χ2v) is 5.93. The van der Waals surface area contributed by atoms with Crippen molar-refractivity contribution in [2.45, 2.75) is 11.8 Å². The molecular weight excluding hydrogens is 311 g/mol. The van der Waals surface area contributed by atoms with Crippen LogP contribution in [0.5, 0.6) is 0 Å². The van der Waals surface area contributed by atoms with Crippen molar-refractivity contribution in [2.75, 3.05) is 16.8 Å². The minimum absolute atomic E-state index is 0.167. The predicted molar refractivity (Wildman–Crippen MR) is 86.4 cm³/mol. The van der Waals surface area contributed by atoms with Gasteiger partial charge in [-0.15, -0.1) is 11.8 Å². The van der Waals surface area contributed by atoms with Gasteiger partial charge in [-0.2, -0.15) is 0 Å². The van der Waals surface area contributed by atoms with Crippen molar-refractivity contribution in [3.05, 3.63) is 52.8 Å². The molecule has 1 amide bonds. The molecule has 0 aliphatic carbocycles. The second kappa shape index (κ2) is 6.83. The van der Waals surface area contributed by atoms with Gasteiger partial charge < -0.3 is 11.1 Å². The standard InChI is InChI=1S/C15H14ClFN2OS/c1-9-2-4-13(11(16)6-9)19-15(20)8-21-14-5-3-10(17)7-12(14)18/h2-7H,8,18H2,1H3,(H,19,20). The van der Waals surface area contributed by atoms with Gasteiger partial charge in [0.05, 0.1) is 16.5 Å². The Morgan fingerprint density at radius 1 is 1.33 bits per heavy atom. The van der Waals surface area contributed by atoms with Crippen molar-refractivity contribution >= 4 is 40.6 Å². The molecule has 110 valence electrons. The Kier molecular flexibility index (Phi) is 5.09. The van der Waals surface area contributed by atoms with Crippen molar-refractivity contribution < 1.29 is 9.18 Å². The first-order valence-corrected chi connectivity index (χ1v) is 7.56. The van der Waals surface area contributed by atoms with Crippen LogP contribution in [0, 0.1) is 12.7 Å². The molecule has 0 bridgehead atoms. The van der Waals surface area contributed by atoms with E-state index in [1.165, 1.54) is 23.9 Å². The molecule has 0 saturated carbocycles. The van der Waals surface area contributed by atoms with Gasteiger partial charge in [0, 0.05) is 10.6 Å². The molecule has 0 saturated heterocycles. The summed E-state index contributed by atoms with van der Waals surface area (Å²) >= 11 is 7.30. The molecule has 0 aromatic heterocycles. The zero-order valence-electron chi connectivity index (χ0n) is 11.3. The van der Waals surface area contributed by atoms with E-state index >= 15 is 0 Å². The molecule has 2 aromatic rings. The second-order valence-electron chi connectivity index (χ2n) is 4.50. The molecule has 0 aliphatic heterocycles. The first-order valence-electron chi connectivity index (χ1n) is 6.19. The minimum atomic E-state index is -0.396. The zero-order valence-corrected chi connectivity index (χ0v) is 12.9. The number of benzene rings is 2. The number of carbonyl (C=O) groups excluding carboxylic acids is 1. The molecule has 0 radical (unpaired) electrons. The zero-order chi connectivity index (χ0) is 15.4. The van der Waals surface area contributed by atoms with Gasteiger partial charge in [-0.1, -0.05) is 17.7 Å². The Labute approximate surface area is 131 Å². The summed E-state index contributed by atoms with van der Waals surface area (Å²) < 4.78 is 12.9. The highest BCUT2D eigenvalue weighted by atomic mass is 35.5. The molecule has 0 atom stereocenters. The van der Waals surface area contributed by atoms with E-state index in [1.807, 2.05) is 13.0 Å². The van der Waals surface area contributed by atoms with E-state index in [1.54, 1.807) is 18.2 Å². The SMILES string of the molecule is Cc1ccc(NC(=O)CSc2ccc(F)cc2N)c(Cl)c1. The van der Waals surface area contributed by atoms with Crippen LogP contribution in [0.4, 0.5) is 15.8 Å². The van der Waals surface area contributed by atoms with E-state index in [9.17, 15) is 9.18 Å². The van der Waals surface area contributed by atoms with Crippen molar-refractivity contribution in [2.24, 2.45) is 0 Å². The lowest BCUT2D eigenvalue weighted by molar-refractivity contribution is -0.113. The van der Waals surface area contributed by atoms with Crippen molar-refractivity contribution in [1.82, 2.24) is 0 Å². The summed E-state index contributed by atoms with van der Waals surface area (Å²) in [4.78, 5) is 12.6. The normalized spacial score (nSPS) is 10.4. The average molecular weight is 325 g/mol. The Morgan fingerprint density at radius 2 is 2.10 bits per heavy atom. The maximum atomic E-state index is 12.9. The molecule has 0 spiro atoms. The van der Waals surface area contributed by atoms with Gasteiger partial charge in [0.15, 0.2) is 0 Å². The topological polar surface area (TPSA) is 55.1 Å². The third-order valence-electron chi connectivity index (χ3n) is 2.73. The highest BCUT2D eigenvalue weighted by Gasteiger charge is 2.08. The number of amides is 1. The summed E-state index contributed by atoms with van der Waals surface area (Å²) in [5.74, 6) is -0.428.